The zero-order chi connectivity index (χ0) is 39.8. The molecule has 4 fully saturated rings. The standard InChI is InChI=1S/C38H42BrN5O12/c1-18(2)12-26-33(48)41-11-7-10-27(41)38-42(26)34(49)37(55-38,19(3)4)44-32(47)20-13-22-21-8-6-9-24-30(21)23(14-25(22)40(5)17-20)31(39)43(24)52-28(45)15-36(51,35(50)53-44)16-29(46)54-56-38/h6,8-9,13,18-20,25-27,51H,7,10-12,14-17H2,1-5H3/t20-,25-,26+,27+,36?,37-,38+/m1/s1. The van der Waals surface area contributed by atoms with Crippen LogP contribution in [0.25, 0.3) is 16.5 Å². The number of aliphatic hydroxyl groups is 1. The predicted octanol–water partition coefficient (Wildman–Crippen LogP) is 1.81. The summed E-state index contributed by atoms with van der Waals surface area (Å²) in [7, 11) is 1.85. The molecule has 4 saturated heterocycles. The molecule has 1 spiro atoms. The van der Waals surface area contributed by atoms with E-state index in [0.29, 0.717) is 34.6 Å². The number of benzene rings is 1. The molecule has 7 aliphatic rings. The number of fused-ring (bicyclic) bond motifs is 7. The van der Waals surface area contributed by atoms with Gasteiger partial charge < -0.3 is 19.7 Å². The molecule has 0 radical (unpaired) electrons. The van der Waals surface area contributed by atoms with Crippen molar-refractivity contribution >= 4 is 68.0 Å². The predicted molar refractivity (Wildman–Crippen MR) is 193 cm³/mol. The lowest BCUT2D eigenvalue weighted by molar-refractivity contribution is -0.468. The number of piperazine rings is 1. The molecule has 2 aromatic rings. The number of carbonyl (C=O) groups is 6. The van der Waals surface area contributed by atoms with Crippen LogP contribution in [0.3, 0.4) is 0 Å². The van der Waals surface area contributed by atoms with E-state index in [1.807, 2.05) is 31.9 Å². The first-order valence-electron chi connectivity index (χ1n) is 19.0. The molecule has 10 bridgehead atoms. The summed E-state index contributed by atoms with van der Waals surface area (Å²) in [5.41, 5.74) is -2.60. The molecule has 6 aliphatic heterocycles. The van der Waals surface area contributed by atoms with Crippen LogP contribution >= 0.6 is 15.9 Å². The highest BCUT2D eigenvalue weighted by Gasteiger charge is 2.77. The summed E-state index contributed by atoms with van der Waals surface area (Å²) in [5, 5.41) is 13.4. The Morgan fingerprint density at radius 3 is 2.48 bits per heavy atom. The normalized spacial score (nSPS) is 34.5. The minimum atomic E-state index is -3.00. The Labute approximate surface area is 329 Å². The van der Waals surface area contributed by atoms with Crippen LogP contribution in [-0.2, 0) is 54.5 Å². The summed E-state index contributed by atoms with van der Waals surface area (Å²) in [6, 6.07) is 3.06. The van der Waals surface area contributed by atoms with Crippen LogP contribution in [0, 0.1) is 17.8 Å². The quantitative estimate of drug-likeness (QED) is 0.442. The zero-order valence-electron chi connectivity index (χ0n) is 31.5. The van der Waals surface area contributed by atoms with E-state index in [0.717, 1.165) is 27.0 Å². The zero-order valence-corrected chi connectivity index (χ0v) is 33.1. The molecular formula is C38H42BrN5O12. The lowest BCUT2D eigenvalue weighted by atomic mass is 9.79. The van der Waals surface area contributed by atoms with E-state index >= 15 is 9.59 Å². The molecule has 18 heteroatoms. The van der Waals surface area contributed by atoms with E-state index in [9.17, 15) is 24.3 Å². The van der Waals surface area contributed by atoms with Gasteiger partial charge in [0, 0.05) is 30.4 Å². The van der Waals surface area contributed by atoms with Crippen molar-refractivity contribution in [3.05, 3.63) is 40.0 Å². The number of amides is 3. The monoisotopic (exact) mass is 839 g/mol. The number of carbonyl (C=O) groups excluding carboxylic acids is 6. The van der Waals surface area contributed by atoms with Crippen molar-refractivity contribution in [3.8, 4) is 0 Å². The number of ether oxygens (including phenoxy) is 1. The van der Waals surface area contributed by atoms with Crippen molar-refractivity contribution in [2.75, 3.05) is 20.1 Å². The topological polar surface area (TPSA) is 187 Å². The molecular weight excluding hydrogens is 798 g/mol. The van der Waals surface area contributed by atoms with Gasteiger partial charge in [0.25, 0.3) is 17.5 Å². The number of hydrogen-bond donors (Lipinski definition) is 1. The van der Waals surface area contributed by atoms with Crippen LogP contribution in [0.15, 0.2) is 28.9 Å². The van der Waals surface area contributed by atoms with Gasteiger partial charge in [0.2, 0.25) is 5.91 Å². The number of halogens is 1. The van der Waals surface area contributed by atoms with Gasteiger partial charge in [0.05, 0.1) is 24.3 Å². The molecule has 56 heavy (non-hydrogen) atoms. The van der Waals surface area contributed by atoms with Gasteiger partial charge in [-0.25, -0.2) is 14.4 Å². The van der Waals surface area contributed by atoms with Crippen LogP contribution in [0.5, 0.6) is 0 Å². The maximum atomic E-state index is 15.5. The highest BCUT2D eigenvalue weighted by atomic mass is 79.9. The lowest BCUT2D eigenvalue weighted by Gasteiger charge is -2.50. The van der Waals surface area contributed by atoms with E-state index in [-0.39, 0.29) is 37.3 Å². The average Bonchev–Trinajstić information content (AvgIpc) is 3.81. The molecule has 1 unspecified atom stereocenters. The molecule has 1 N–H and O–H groups in total. The summed E-state index contributed by atoms with van der Waals surface area (Å²) < 4.78 is 8.54. The van der Waals surface area contributed by atoms with Crippen LogP contribution in [0.2, 0.25) is 0 Å². The second-order valence-corrected chi connectivity index (χ2v) is 17.4. The van der Waals surface area contributed by atoms with Crippen molar-refractivity contribution in [3.63, 3.8) is 0 Å². The van der Waals surface area contributed by atoms with E-state index in [4.69, 9.17) is 24.2 Å². The summed E-state index contributed by atoms with van der Waals surface area (Å²) >= 11 is 3.61. The second kappa shape index (κ2) is 12.6. The number of hydroxylamine groups is 2. The van der Waals surface area contributed by atoms with Crippen molar-refractivity contribution in [2.45, 2.75) is 102 Å². The van der Waals surface area contributed by atoms with E-state index in [2.05, 4.69) is 15.9 Å². The molecule has 7 atom stereocenters. The third kappa shape index (κ3) is 4.98. The van der Waals surface area contributed by atoms with Gasteiger partial charge >= 0.3 is 23.8 Å². The fourth-order valence-corrected chi connectivity index (χ4v) is 10.4. The number of hydrogen-bond acceptors (Lipinski definition) is 13. The molecule has 9 rings (SSSR count). The van der Waals surface area contributed by atoms with Gasteiger partial charge in [-0.3, -0.25) is 33.8 Å². The molecule has 298 valence electrons. The fraction of sp³-hybridized carbons (Fsp3) is 0.579. The summed E-state index contributed by atoms with van der Waals surface area (Å²) in [6.07, 6.45) is 0.868. The van der Waals surface area contributed by atoms with Crippen LogP contribution in [-0.4, -0.2) is 121 Å². The Kier molecular flexibility index (Phi) is 8.36. The fourth-order valence-electron chi connectivity index (χ4n) is 9.78. The van der Waals surface area contributed by atoms with Gasteiger partial charge in [-0.2, -0.15) is 4.73 Å². The first-order valence-corrected chi connectivity index (χ1v) is 19.8. The second-order valence-electron chi connectivity index (χ2n) is 16.6. The van der Waals surface area contributed by atoms with Crippen molar-refractivity contribution in [1.82, 2.24) is 24.5 Å². The van der Waals surface area contributed by atoms with Gasteiger partial charge in [-0.1, -0.05) is 45.9 Å². The minimum Gasteiger partial charge on any atom is -0.377 e. The molecule has 17 nitrogen and oxygen atoms in total. The first-order chi connectivity index (χ1) is 26.5. The van der Waals surface area contributed by atoms with Crippen LogP contribution in [0.1, 0.15) is 70.9 Å². The summed E-state index contributed by atoms with van der Waals surface area (Å²) in [6.45, 7) is 7.33. The maximum Gasteiger partial charge on any atom is 0.365 e. The third-order valence-corrected chi connectivity index (χ3v) is 13.1. The first kappa shape index (κ1) is 37.2. The Morgan fingerprint density at radius 1 is 1.00 bits per heavy atom. The maximum absolute atomic E-state index is 15.5. The summed E-state index contributed by atoms with van der Waals surface area (Å²) in [4.78, 5) is 115. The van der Waals surface area contributed by atoms with Crippen molar-refractivity contribution in [2.24, 2.45) is 17.8 Å². The molecule has 0 saturated carbocycles. The Bertz CT molecular complexity index is 2170. The van der Waals surface area contributed by atoms with Crippen LogP contribution < -0.4 is 4.84 Å². The smallest absolute Gasteiger partial charge is 0.365 e. The molecule has 1 aromatic carbocycles. The van der Waals surface area contributed by atoms with Crippen molar-refractivity contribution in [1.29, 1.82) is 0 Å². The largest absolute Gasteiger partial charge is 0.377 e. The highest BCUT2D eigenvalue weighted by molar-refractivity contribution is 9.10. The minimum absolute atomic E-state index is 0.115. The molecule has 1 aliphatic carbocycles. The van der Waals surface area contributed by atoms with E-state index in [1.54, 1.807) is 32.1 Å². The Hall–Kier alpha value is -4.36. The number of rotatable bonds is 3. The Balaban J connectivity index is 1.29. The number of likely N-dealkylation sites (N-methyl/N-ethyl adjacent to an activating group) is 1. The summed E-state index contributed by atoms with van der Waals surface area (Å²) in [5.74, 6) is -10.8. The Morgan fingerprint density at radius 2 is 1.75 bits per heavy atom. The highest BCUT2D eigenvalue weighted by Crippen LogP contribution is 2.53. The number of nitrogens with zero attached hydrogens (tertiary/aromatic N) is 5. The van der Waals surface area contributed by atoms with Crippen molar-refractivity contribution < 1.29 is 58.1 Å². The third-order valence-electron chi connectivity index (χ3n) is 12.3. The van der Waals surface area contributed by atoms with E-state index < -0.39 is 83.7 Å². The lowest BCUT2D eigenvalue weighted by Crippen LogP contribution is -2.72. The SMILES string of the molecule is CC(C)C[C@H]1C(=O)N2CCC[C@H]2[C@@]23OOC(=O)CC4(O)CC(=O)On5c(Br)c6c7c(cccc75)C5=C[C@H](CN(C)[C@@H]5C6)C(=O)N(OC4=O)[C@](C(C)C)(O2)C(=O)N13. The average molecular weight is 841 g/mol. The van der Waals surface area contributed by atoms with Gasteiger partial charge in [-0.05, 0) is 77.3 Å². The van der Waals surface area contributed by atoms with E-state index in [1.165, 1.54) is 9.63 Å². The molecule has 3 amide bonds. The molecule has 1 aromatic heterocycles. The van der Waals surface area contributed by atoms with Crippen LogP contribution in [0.4, 0.5) is 0 Å². The van der Waals surface area contributed by atoms with Gasteiger partial charge in [0.15, 0.2) is 5.60 Å². The van der Waals surface area contributed by atoms with Gasteiger partial charge in [0.1, 0.15) is 16.7 Å². The molecule has 7 heterocycles. The number of aromatic nitrogens is 1. The van der Waals surface area contributed by atoms with Gasteiger partial charge in [-0.15, -0.1) is 9.95 Å².